The number of amides is 1. The van der Waals surface area contributed by atoms with Crippen molar-refractivity contribution in [3.05, 3.63) is 101 Å². The van der Waals surface area contributed by atoms with Crippen LogP contribution in [0.2, 0.25) is 0 Å². The van der Waals surface area contributed by atoms with E-state index in [2.05, 4.69) is 15.0 Å². The third kappa shape index (κ3) is 8.56. The normalized spacial score (nSPS) is 12.0. The van der Waals surface area contributed by atoms with Crippen LogP contribution in [0.4, 0.5) is 18.9 Å². The molecule has 2 N–H and O–H groups in total. The summed E-state index contributed by atoms with van der Waals surface area (Å²) >= 11 is 0. The Morgan fingerprint density at radius 1 is 0.943 bits per heavy atom. The van der Waals surface area contributed by atoms with E-state index >= 15 is 0 Å². The molecule has 0 atom stereocenters. The number of aromatic nitrogens is 1. The molecule has 2 aromatic carbocycles. The summed E-state index contributed by atoms with van der Waals surface area (Å²) in [5.41, 5.74) is 1.82. The van der Waals surface area contributed by atoms with Crippen LogP contribution in [0.5, 0.6) is 0 Å². The van der Waals surface area contributed by atoms with E-state index in [0.717, 1.165) is 23.4 Å². The van der Waals surface area contributed by atoms with E-state index in [0.29, 0.717) is 17.7 Å². The lowest BCUT2D eigenvalue weighted by atomic mass is 10.0. The molecule has 0 bridgehead atoms. The number of carbonyl (C=O) groups is 1. The van der Waals surface area contributed by atoms with Crippen molar-refractivity contribution in [3.8, 4) is 0 Å². The smallest absolute Gasteiger partial charge is 0.348 e. The maximum Gasteiger partial charge on any atom is 0.433 e. The summed E-state index contributed by atoms with van der Waals surface area (Å²) in [7, 11) is -3.38. The molecule has 1 amide bonds. The molecule has 35 heavy (non-hydrogen) atoms. The Bertz CT molecular complexity index is 1290. The van der Waals surface area contributed by atoms with Crippen molar-refractivity contribution >= 4 is 27.7 Å². The lowest BCUT2D eigenvalue weighted by Gasteiger charge is -2.11. The maximum absolute atomic E-state index is 13.2. The molecule has 6 nitrogen and oxygen atoms in total. The summed E-state index contributed by atoms with van der Waals surface area (Å²) in [6.07, 6.45) is -0.0342. The Morgan fingerprint density at radius 2 is 1.63 bits per heavy atom. The summed E-state index contributed by atoms with van der Waals surface area (Å²) in [6, 6.07) is 18.0. The molecule has 10 heteroatoms. The van der Waals surface area contributed by atoms with Crippen LogP contribution in [-0.4, -0.2) is 25.6 Å². The van der Waals surface area contributed by atoms with Gasteiger partial charge in [-0.2, -0.15) is 13.2 Å². The van der Waals surface area contributed by atoms with E-state index in [1.165, 1.54) is 18.2 Å². The number of carbonyl (C=O) groups excluding carboxylic acids is 1. The number of hydrogen-bond donors (Lipinski definition) is 2. The number of anilines is 1. The minimum Gasteiger partial charge on any atom is -0.348 e. The second-order valence-corrected chi connectivity index (χ2v) is 9.59. The number of hydrogen-bond acceptors (Lipinski definition) is 4. The first-order valence-electron chi connectivity index (χ1n) is 10.6. The van der Waals surface area contributed by atoms with E-state index in [4.69, 9.17) is 0 Å². The molecule has 3 rings (SSSR count). The highest BCUT2D eigenvalue weighted by Crippen LogP contribution is 2.29. The predicted octanol–water partition coefficient (Wildman–Crippen LogP) is 4.59. The van der Waals surface area contributed by atoms with Crippen molar-refractivity contribution in [3.63, 3.8) is 0 Å². The quantitative estimate of drug-likeness (QED) is 0.418. The molecule has 0 aliphatic rings. The first kappa shape index (κ1) is 26.0. The fourth-order valence-electron chi connectivity index (χ4n) is 3.25. The van der Waals surface area contributed by atoms with Gasteiger partial charge in [0, 0.05) is 24.0 Å². The van der Waals surface area contributed by atoms with E-state index in [1.807, 2.05) is 30.3 Å². The SMILES string of the molecule is CS(=O)(=O)Nc1ccc(CNC(=O)C=Cc2ccc(C(F)(F)F)nc2CCc2ccccc2)cc1. The van der Waals surface area contributed by atoms with E-state index in [1.54, 1.807) is 24.3 Å². The van der Waals surface area contributed by atoms with Gasteiger partial charge in [0.25, 0.3) is 0 Å². The molecular weight excluding hydrogens is 479 g/mol. The number of nitrogens with zero attached hydrogens (tertiary/aromatic N) is 1. The Hall–Kier alpha value is -3.66. The van der Waals surface area contributed by atoms with Crippen LogP contribution in [-0.2, 0) is 40.4 Å². The van der Waals surface area contributed by atoms with Crippen LogP contribution in [0.25, 0.3) is 6.08 Å². The van der Waals surface area contributed by atoms with Gasteiger partial charge in [-0.15, -0.1) is 0 Å². The maximum atomic E-state index is 13.2. The van der Waals surface area contributed by atoms with Crippen molar-refractivity contribution in [2.24, 2.45) is 0 Å². The Labute approximate surface area is 202 Å². The van der Waals surface area contributed by atoms with Gasteiger partial charge >= 0.3 is 6.18 Å². The van der Waals surface area contributed by atoms with E-state index in [-0.39, 0.29) is 18.7 Å². The minimum atomic E-state index is -4.56. The van der Waals surface area contributed by atoms with Crippen LogP contribution >= 0.6 is 0 Å². The number of sulfonamides is 1. The zero-order valence-electron chi connectivity index (χ0n) is 18.8. The molecule has 0 aliphatic carbocycles. The fourth-order valence-corrected chi connectivity index (χ4v) is 3.81. The number of rotatable bonds is 9. The summed E-state index contributed by atoms with van der Waals surface area (Å²) < 4.78 is 64.4. The Morgan fingerprint density at radius 3 is 2.26 bits per heavy atom. The zero-order valence-corrected chi connectivity index (χ0v) is 19.7. The fraction of sp³-hybridized carbons (Fsp3) is 0.200. The summed E-state index contributed by atoms with van der Waals surface area (Å²) in [6.45, 7) is 0.189. The lowest BCUT2D eigenvalue weighted by Crippen LogP contribution is -2.20. The minimum absolute atomic E-state index is 0.189. The second kappa shape index (κ2) is 11.2. The van der Waals surface area contributed by atoms with Gasteiger partial charge < -0.3 is 5.32 Å². The molecule has 1 heterocycles. The van der Waals surface area contributed by atoms with Crippen molar-refractivity contribution < 1.29 is 26.4 Å². The van der Waals surface area contributed by atoms with Crippen LogP contribution in [0.15, 0.2) is 72.8 Å². The van der Waals surface area contributed by atoms with Crippen molar-refractivity contribution in [1.29, 1.82) is 0 Å². The van der Waals surface area contributed by atoms with Crippen LogP contribution < -0.4 is 10.0 Å². The summed E-state index contributed by atoms with van der Waals surface area (Å²) in [4.78, 5) is 16.1. The zero-order chi connectivity index (χ0) is 25.5. The first-order valence-corrected chi connectivity index (χ1v) is 12.5. The average molecular weight is 504 g/mol. The van der Waals surface area contributed by atoms with Crippen LogP contribution in [0, 0.1) is 0 Å². The number of aryl methyl sites for hydroxylation is 2. The third-order valence-corrected chi connectivity index (χ3v) is 5.54. The van der Waals surface area contributed by atoms with Crippen LogP contribution in [0.3, 0.4) is 0 Å². The highest BCUT2D eigenvalue weighted by atomic mass is 32.2. The van der Waals surface area contributed by atoms with Crippen molar-refractivity contribution in [1.82, 2.24) is 10.3 Å². The number of benzene rings is 2. The van der Waals surface area contributed by atoms with Crippen LogP contribution in [0.1, 0.15) is 28.1 Å². The Balaban J connectivity index is 1.66. The number of pyridine rings is 1. The van der Waals surface area contributed by atoms with Gasteiger partial charge in [0.15, 0.2) is 0 Å². The van der Waals surface area contributed by atoms with Gasteiger partial charge in [0.05, 0.1) is 6.26 Å². The topological polar surface area (TPSA) is 88.2 Å². The summed E-state index contributed by atoms with van der Waals surface area (Å²) in [5.74, 6) is -0.433. The molecule has 3 aromatic rings. The Kier molecular flexibility index (Phi) is 8.29. The van der Waals surface area contributed by atoms with Gasteiger partial charge in [-0.05, 0) is 53.8 Å². The predicted molar refractivity (Wildman–Crippen MR) is 129 cm³/mol. The molecule has 1 aromatic heterocycles. The van der Waals surface area contributed by atoms with Gasteiger partial charge in [0.1, 0.15) is 5.69 Å². The highest BCUT2D eigenvalue weighted by Gasteiger charge is 2.32. The molecule has 0 saturated heterocycles. The number of alkyl halides is 3. The van der Waals surface area contributed by atoms with E-state index < -0.39 is 27.8 Å². The molecule has 0 unspecified atom stereocenters. The van der Waals surface area contributed by atoms with Gasteiger partial charge in [-0.1, -0.05) is 48.5 Å². The standard InChI is InChI=1S/C25H24F3N3O3S/c1-35(33,34)31-21-12-7-19(8-13-21)17-29-24(32)16-11-20-10-15-23(25(26,27)28)30-22(20)14-9-18-5-3-2-4-6-18/h2-8,10-13,15-16,31H,9,14,17H2,1H3,(H,29,32). The molecule has 0 spiro atoms. The monoisotopic (exact) mass is 503 g/mol. The lowest BCUT2D eigenvalue weighted by molar-refractivity contribution is -0.141. The molecular formula is C25H24F3N3O3S. The second-order valence-electron chi connectivity index (χ2n) is 7.84. The van der Waals surface area contributed by atoms with Crippen molar-refractivity contribution in [2.75, 3.05) is 11.0 Å². The molecule has 0 aliphatic heterocycles. The molecule has 184 valence electrons. The van der Waals surface area contributed by atoms with Gasteiger partial charge in [-0.3, -0.25) is 9.52 Å². The van der Waals surface area contributed by atoms with Crippen molar-refractivity contribution in [2.45, 2.75) is 25.6 Å². The summed E-state index contributed by atoms with van der Waals surface area (Å²) in [5, 5.41) is 2.69. The molecule has 0 fully saturated rings. The number of nitrogens with one attached hydrogen (secondary N) is 2. The number of halogens is 3. The van der Waals surface area contributed by atoms with Gasteiger partial charge in [-0.25, -0.2) is 13.4 Å². The highest BCUT2D eigenvalue weighted by molar-refractivity contribution is 7.92. The first-order chi connectivity index (χ1) is 16.5. The molecule has 0 radical (unpaired) electrons. The van der Waals surface area contributed by atoms with E-state index in [9.17, 15) is 26.4 Å². The third-order valence-electron chi connectivity index (χ3n) is 4.93. The molecule has 0 saturated carbocycles. The average Bonchev–Trinajstić information content (AvgIpc) is 2.80. The largest absolute Gasteiger partial charge is 0.433 e. The van der Waals surface area contributed by atoms with Gasteiger partial charge in [0.2, 0.25) is 15.9 Å².